The monoisotopic (exact) mass is 432 g/mol. The van der Waals surface area contributed by atoms with E-state index in [0.717, 1.165) is 22.6 Å². The van der Waals surface area contributed by atoms with Crippen molar-refractivity contribution in [1.82, 2.24) is 20.2 Å². The number of hydrogen-bond acceptors (Lipinski definition) is 9. The van der Waals surface area contributed by atoms with Gasteiger partial charge >= 0.3 is 0 Å². The number of pyridine rings is 1. The summed E-state index contributed by atoms with van der Waals surface area (Å²) in [6.45, 7) is 0.222. The molecule has 4 aromatic rings. The molecule has 1 aliphatic heterocycles. The molecule has 3 N–H and O–H groups in total. The summed E-state index contributed by atoms with van der Waals surface area (Å²) in [4.78, 5) is 8.80. The van der Waals surface area contributed by atoms with Gasteiger partial charge in [-0.15, -0.1) is 5.10 Å². The van der Waals surface area contributed by atoms with Gasteiger partial charge in [-0.3, -0.25) is 10.1 Å². The van der Waals surface area contributed by atoms with E-state index in [1.165, 1.54) is 0 Å². The number of fused-ring (bicyclic) bond motifs is 1. The molecule has 0 radical (unpaired) electrons. The van der Waals surface area contributed by atoms with Crippen molar-refractivity contribution in [3.8, 4) is 34.4 Å². The summed E-state index contributed by atoms with van der Waals surface area (Å²) in [5, 5.41) is 13.8. The van der Waals surface area contributed by atoms with E-state index < -0.39 is 0 Å². The summed E-state index contributed by atoms with van der Waals surface area (Å²) in [7, 11) is 3.22. The van der Waals surface area contributed by atoms with E-state index in [1.807, 2.05) is 42.5 Å². The minimum absolute atomic E-state index is 0.222. The third-order valence-corrected chi connectivity index (χ3v) is 4.82. The Morgan fingerprint density at radius 1 is 0.906 bits per heavy atom. The average Bonchev–Trinajstić information content (AvgIpc) is 3.48. The van der Waals surface area contributed by atoms with E-state index in [9.17, 15) is 0 Å². The summed E-state index contributed by atoms with van der Waals surface area (Å²) in [6, 6.07) is 13.0. The molecule has 0 saturated carbocycles. The number of nitrogens with one attached hydrogen (secondary N) is 3. The largest absolute Gasteiger partial charge is 0.497 e. The van der Waals surface area contributed by atoms with Crippen molar-refractivity contribution >= 4 is 23.0 Å². The summed E-state index contributed by atoms with van der Waals surface area (Å²) in [5.74, 6) is 3.72. The predicted octanol–water partition coefficient (Wildman–Crippen LogP) is 4.10. The number of H-pyrrole nitrogens is 1. The quantitative estimate of drug-likeness (QED) is 0.397. The lowest BCUT2D eigenvalue weighted by atomic mass is 10.2. The topological polar surface area (TPSA) is 115 Å². The zero-order valence-electron chi connectivity index (χ0n) is 17.4. The molecule has 10 heteroatoms. The number of nitrogens with zero attached hydrogens (tertiary/aromatic N) is 3. The van der Waals surface area contributed by atoms with Crippen LogP contribution in [0, 0.1) is 0 Å². The second kappa shape index (κ2) is 8.34. The van der Waals surface area contributed by atoms with Crippen LogP contribution < -0.4 is 29.6 Å². The van der Waals surface area contributed by atoms with Crippen molar-refractivity contribution in [3.63, 3.8) is 0 Å². The fraction of sp³-hybridized carbons (Fsp3) is 0.136. The molecule has 0 spiro atoms. The molecule has 1 aliphatic rings. The molecule has 0 fully saturated rings. The maximum Gasteiger partial charge on any atom is 0.246 e. The highest BCUT2D eigenvalue weighted by atomic mass is 16.7. The third kappa shape index (κ3) is 3.93. The molecule has 162 valence electrons. The van der Waals surface area contributed by atoms with Crippen LogP contribution in [0.4, 0.5) is 23.0 Å². The fourth-order valence-corrected chi connectivity index (χ4v) is 3.27. The molecule has 3 heterocycles. The number of methoxy groups -OCH3 is 2. The van der Waals surface area contributed by atoms with Crippen LogP contribution in [0.2, 0.25) is 0 Å². The highest BCUT2D eigenvalue weighted by Gasteiger charge is 2.15. The second-order valence-electron chi connectivity index (χ2n) is 6.85. The van der Waals surface area contributed by atoms with Crippen LogP contribution in [0.25, 0.3) is 11.4 Å². The Kier molecular flexibility index (Phi) is 5.08. The van der Waals surface area contributed by atoms with Crippen LogP contribution in [-0.4, -0.2) is 41.2 Å². The number of ether oxygens (including phenoxy) is 4. The lowest BCUT2D eigenvalue weighted by molar-refractivity contribution is 0.174. The number of hydrogen-bond donors (Lipinski definition) is 3. The lowest BCUT2D eigenvalue weighted by Gasteiger charge is -2.12. The van der Waals surface area contributed by atoms with E-state index in [-0.39, 0.29) is 6.79 Å². The molecule has 0 bridgehead atoms. The van der Waals surface area contributed by atoms with Crippen molar-refractivity contribution in [2.45, 2.75) is 0 Å². The van der Waals surface area contributed by atoms with Crippen LogP contribution >= 0.6 is 0 Å². The van der Waals surface area contributed by atoms with Crippen molar-refractivity contribution in [3.05, 3.63) is 54.9 Å². The van der Waals surface area contributed by atoms with Gasteiger partial charge in [-0.1, -0.05) is 0 Å². The van der Waals surface area contributed by atoms with Crippen LogP contribution in [0.3, 0.4) is 0 Å². The lowest BCUT2D eigenvalue weighted by Crippen LogP contribution is -1.97. The van der Waals surface area contributed by atoms with Gasteiger partial charge < -0.3 is 29.6 Å². The van der Waals surface area contributed by atoms with Crippen LogP contribution in [0.5, 0.6) is 23.0 Å². The maximum atomic E-state index is 5.41. The Labute approximate surface area is 183 Å². The first-order valence-electron chi connectivity index (χ1n) is 9.75. The molecule has 32 heavy (non-hydrogen) atoms. The Hall–Kier alpha value is -4.47. The van der Waals surface area contributed by atoms with Gasteiger partial charge in [0.05, 0.1) is 25.5 Å². The molecule has 0 saturated heterocycles. The molecule has 2 aromatic carbocycles. The van der Waals surface area contributed by atoms with Crippen molar-refractivity contribution < 1.29 is 18.9 Å². The minimum Gasteiger partial charge on any atom is -0.497 e. The smallest absolute Gasteiger partial charge is 0.246 e. The van der Waals surface area contributed by atoms with E-state index >= 15 is 0 Å². The predicted molar refractivity (Wildman–Crippen MR) is 118 cm³/mol. The first-order chi connectivity index (χ1) is 15.7. The SMILES string of the molecule is COc1cc(Nc2ccncc2-c2nc(Nc3ccc4c(c3)OCO4)n[nH]2)cc(OC)c1. The summed E-state index contributed by atoms with van der Waals surface area (Å²) >= 11 is 0. The number of anilines is 4. The van der Waals surface area contributed by atoms with Gasteiger partial charge in [0.1, 0.15) is 11.5 Å². The standard InChI is InChI=1S/C22H20N6O4/c1-29-15-7-14(8-16(10-15)30-2)24-18-5-6-23-11-17(18)21-26-22(28-27-21)25-13-3-4-19-20(9-13)32-12-31-19/h3-11H,12H2,1-2H3,(H,23,24)(H2,25,26,27,28). The maximum absolute atomic E-state index is 5.41. The highest BCUT2D eigenvalue weighted by molar-refractivity contribution is 5.78. The van der Waals surface area contributed by atoms with Gasteiger partial charge in [0.2, 0.25) is 12.7 Å². The van der Waals surface area contributed by atoms with Crippen LogP contribution in [-0.2, 0) is 0 Å². The Bertz CT molecular complexity index is 1240. The third-order valence-electron chi connectivity index (χ3n) is 4.82. The molecule has 0 unspecified atom stereocenters. The molecule has 5 rings (SSSR count). The van der Waals surface area contributed by atoms with Crippen molar-refractivity contribution in [2.75, 3.05) is 31.6 Å². The number of benzene rings is 2. The van der Waals surface area contributed by atoms with Gasteiger partial charge in [0.15, 0.2) is 17.3 Å². The van der Waals surface area contributed by atoms with Crippen LogP contribution in [0.15, 0.2) is 54.9 Å². The molecular weight excluding hydrogens is 412 g/mol. The first kappa shape index (κ1) is 19.5. The van der Waals surface area contributed by atoms with Crippen LogP contribution in [0.1, 0.15) is 0 Å². The number of rotatable bonds is 7. The van der Waals surface area contributed by atoms with Gasteiger partial charge in [0.25, 0.3) is 0 Å². The molecular formula is C22H20N6O4. The van der Waals surface area contributed by atoms with Crippen molar-refractivity contribution in [2.24, 2.45) is 0 Å². The zero-order chi connectivity index (χ0) is 21.9. The summed E-state index contributed by atoms with van der Waals surface area (Å²) < 4.78 is 21.5. The number of aromatic nitrogens is 4. The first-order valence-corrected chi connectivity index (χ1v) is 9.75. The Morgan fingerprint density at radius 3 is 2.53 bits per heavy atom. The Balaban J connectivity index is 1.39. The van der Waals surface area contributed by atoms with E-state index in [0.29, 0.717) is 34.8 Å². The van der Waals surface area contributed by atoms with E-state index in [1.54, 1.807) is 26.6 Å². The fourth-order valence-electron chi connectivity index (χ4n) is 3.27. The van der Waals surface area contributed by atoms with Gasteiger partial charge in [-0.05, 0) is 18.2 Å². The molecule has 10 nitrogen and oxygen atoms in total. The molecule has 0 atom stereocenters. The highest BCUT2D eigenvalue weighted by Crippen LogP contribution is 2.35. The Morgan fingerprint density at radius 2 is 1.72 bits per heavy atom. The summed E-state index contributed by atoms with van der Waals surface area (Å²) in [6.07, 6.45) is 3.41. The van der Waals surface area contributed by atoms with Gasteiger partial charge in [-0.2, -0.15) is 4.98 Å². The van der Waals surface area contributed by atoms with E-state index in [2.05, 4.69) is 30.8 Å². The van der Waals surface area contributed by atoms with Gasteiger partial charge in [0, 0.05) is 48.0 Å². The average molecular weight is 432 g/mol. The summed E-state index contributed by atoms with van der Waals surface area (Å²) in [5.41, 5.74) is 3.13. The molecule has 2 aromatic heterocycles. The zero-order valence-corrected chi connectivity index (χ0v) is 17.4. The number of aromatic amines is 1. The second-order valence-corrected chi connectivity index (χ2v) is 6.85. The van der Waals surface area contributed by atoms with Crippen molar-refractivity contribution in [1.29, 1.82) is 0 Å². The molecule has 0 aliphatic carbocycles. The van der Waals surface area contributed by atoms with Gasteiger partial charge in [-0.25, -0.2) is 0 Å². The van der Waals surface area contributed by atoms with E-state index in [4.69, 9.17) is 18.9 Å². The minimum atomic E-state index is 0.222. The normalized spacial score (nSPS) is 11.8. The molecule has 0 amide bonds.